The maximum atomic E-state index is 12.3. The highest BCUT2D eigenvalue weighted by Crippen LogP contribution is 2.39. The zero-order valence-corrected chi connectivity index (χ0v) is 37.4. The third-order valence-corrected chi connectivity index (χ3v) is 16.7. The van der Waals surface area contributed by atoms with Crippen molar-refractivity contribution in [2.75, 3.05) is 50.3 Å². The summed E-state index contributed by atoms with van der Waals surface area (Å²) in [6.45, 7) is 12.8. The van der Waals surface area contributed by atoms with Gasteiger partial charge in [-0.05, 0) is 41.7 Å². The van der Waals surface area contributed by atoms with Gasteiger partial charge in [-0.1, -0.05) is 120 Å². The first-order chi connectivity index (χ1) is 28.7. The minimum absolute atomic E-state index is 0.0221. The summed E-state index contributed by atoms with van der Waals surface area (Å²) in [5.41, 5.74) is 15.9. The van der Waals surface area contributed by atoms with E-state index in [0.717, 1.165) is 10.4 Å². The second-order valence-electron chi connectivity index (χ2n) is 15.7. The quantitative estimate of drug-likeness (QED) is 0.0197. The number of anilines is 1. The molecule has 0 unspecified atom stereocenters. The maximum absolute atomic E-state index is 12.3. The maximum Gasteiger partial charge on any atom is 0.407 e. The molecule has 0 spiro atoms. The van der Waals surface area contributed by atoms with Gasteiger partial charge in [-0.3, -0.25) is 0 Å². The summed E-state index contributed by atoms with van der Waals surface area (Å²) in [6.07, 6.45) is 0.948. The smallest absolute Gasteiger partial charge is 0.407 e. The largest absolute Gasteiger partial charge is 0.449 e. The molecule has 3 heterocycles. The number of hydrogen-bond acceptors (Lipinski definition) is 13. The number of azide groups is 1. The summed E-state index contributed by atoms with van der Waals surface area (Å²) >= 11 is 0. The van der Waals surface area contributed by atoms with Gasteiger partial charge in [0.25, 0.3) is 8.32 Å². The van der Waals surface area contributed by atoms with Crippen LogP contribution >= 0.6 is 21.6 Å². The molecule has 3 atom stereocenters. The molecule has 2 aromatic heterocycles. The van der Waals surface area contributed by atoms with Crippen molar-refractivity contribution in [1.82, 2.24) is 25.2 Å². The highest BCUT2D eigenvalue weighted by atomic mass is 33.1. The zero-order chi connectivity index (χ0) is 43.2. The Kier molecular flexibility index (Phi) is 16.6. The summed E-state index contributed by atoms with van der Waals surface area (Å²) in [7, 11) is 0.167. The summed E-state index contributed by atoms with van der Waals surface area (Å²) in [5.74, 6) is 7.56. The van der Waals surface area contributed by atoms with E-state index in [9.17, 15) is 9.59 Å². The van der Waals surface area contributed by atoms with Crippen LogP contribution in [0.15, 0.2) is 78.3 Å². The molecule has 1 aliphatic heterocycles. The van der Waals surface area contributed by atoms with Crippen molar-refractivity contribution in [3.8, 4) is 11.8 Å². The van der Waals surface area contributed by atoms with Crippen LogP contribution in [0.25, 0.3) is 21.5 Å². The number of nitrogen functional groups attached to an aromatic ring is 1. The molecule has 5 rings (SSSR count). The Bertz CT molecular complexity index is 2110. The molecule has 1 fully saturated rings. The van der Waals surface area contributed by atoms with E-state index in [1.54, 1.807) is 17.0 Å². The minimum Gasteiger partial charge on any atom is -0.449 e. The van der Waals surface area contributed by atoms with Gasteiger partial charge < -0.3 is 44.3 Å². The average molecular weight is 876 g/mol. The number of nitrogens with zero attached hydrogens (tertiary/aromatic N) is 6. The Morgan fingerprint density at radius 2 is 1.70 bits per heavy atom. The Labute approximate surface area is 359 Å². The molecule has 320 valence electrons. The van der Waals surface area contributed by atoms with Crippen LogP contribution in [0.3, 0.4) is 0 Å². The van der Waals surface area contributed by atoms with Crippen molar-refractivity contribution in [2.24, 2.45) is 5.11 Å². The monoisotopic (exact) mass is 875 g/mol. The predicted molar refractivity (Wildman–Crippen MR) is 238 cm³/mol. The number of alkyl carbamates (subject to hydrolysis) is 2. The third kappa shape index (κ3) is 12.3. The van der Waals surface area contributed by atoms with Gasteiger partial charge in [0.05, 0.1) is 30.2 Å². The van der Waals surface area contributed by atoms with Crippen LogP contribution < -0.4 is 26.7 Å². The van der Waals surface area contributed by atoms with Gasteiger partial charge in [0.15, 0.2) is 0 Å². The molecule has 2 aromatic carbocycles. The number of ether oxygens (including phenoxy) is 4. The van der Waals surface area contributed by atoms with E-state index in [4.69, 9.17) is 34.6 Å². The Morgan fingerprint density at radius 1 is 1.02 bits per heavy atom. The molecule has 0 radical (unpaired) electrons. The highest BCUT2D eigenvalue weighted by Gasteiger charge is 2.51. The molecular formula is C41H53N9O7S2Si. The second kappa shape index (κ2) is 21.5. The van der Waals surface area contributed by atoms with Crippen LogP contribution in [0.4, 0.5) is 15.4 Å². The van der Waals surface area contributed by atoms with Crippen molar-refractivity contribution in [3.63, 3.8) is 0 Å². The molecule has 0 saturated carbocycles. The van der Waals surface area contributed by atoms with Crippen molar-refractivity contribution in [2.45, 2.75) is 77.0 Å². The number of carbonyl (C=O) groups excluding carboxylic acids is 2. The molecule has 0 bridgehead atoms. The summed E-state index contributed by atoms with van der Waals surface area (Å²) in [6, 6.07) is 20.7. The Hall–Kier alpha value is -4.93. The minimum atomic E-state index is -2.92. The summed E-state index contributed by atoms with van der Waals surface area (Å²) < 4.78 is 32.4. The molecule has 2 amide bonds. The topological polar surface area (TPSA) is 210 Å². The van der Waals surface area contributed by atoms with Crippen LogP contribution in [0.5, 0.6) is 0 Å². The SMILES string of the molecule is CC(C)(C)OC(=O)NCCSSCCOC(=O)NCC#Cc1cn([C@H]2C[C@@H](OCN=[N+]=[N-])[C@@H](CO[Si](c3ccccc3)(c3ccccc3)C(C)(C)C)O2)c2ncnc(N)c12. The fourth-order valence-corrected chi connectivity index (χ4v) is 13.1. The van der Waals surface area contributed by atoms with Gasteiger partial charge in [-0.15, -0.1) is 0 Å². The first-order valence-corrected chi connectivity index (χ1v) is 23.9. The van der Waals surface area contributed by atoms with Gasteiger partial charge >= 0.3 is 12.2 Å². The fraction of sp³-hybridized carbons (Fsp3) is 0.463. The van der Waals surface area contributed by atoms with Gasteiger partial charge in [0, 0.05) is 35.6 Å². The Balaban J connectivity index is 1.23. The van der Waals surface area contributed by atoms with E-state index in [1.165, 1.54) is 17.1 Å². The van der Waals surface area contributed by atoms with Gasteiger partial charge in [0.2, 0.25) is 0 Å². The van der Waals surface area contributed by atoms with E-state index >= 15 is 0 Å². The Morgan fingerprint density at radius 3 is 2.35 bits per heavy atom. The van der Waals surface area contributed by atoms with Crippen LogP contribution in [-0.2, 0) is 23.4 Å². The van der Waals surface area contributed by atoms with Crippen molar-refractivity contribution >= 4 is 69.3 Å². The number of nitrogens with two attached hydrogens (primary N) is 1. The molecular weight excluding hydrogens is 823 g/mol. The first-order valence-electron chi connectivity index (χ1n) is 19.5. The number of rotatable bonds is 17. The standard InChI is InChI=1S/C41H53N9O7S2Si/c1-40(2,3)57-39(52)45-20-22-58-59-23-21-53-38(51)44-19-13-14-29-25-50(37-35(29)36(42)46-27-47-37)34-24-32(54-28-48-49-43)33(56-34)26-55-60(41(4,5)6,30-15-9-7-10-16-30)31-17-11-8-12-18-31/h7-12,15-18,25,27,32-34H,19-24,26,28H2,1-6H3,(H,44,51)(H,45,52)(H2,42,46,47)/t32-,33-,34-/m1/s1. The predicted octanol–water partition coefficient (Wildman–Crippen LogP) is 6.51. The number of aromatic nitrogens is 3. The van der Waals surface area contributed by atoms with Crippen molar-refractivity contribution < 1.29 is 33.0 Å². The molecule has 0 aliphatic carbocycles. The molecule has 1 saturated heterocycles. The zero-order valence-electron chi connectivity index (χ0n) is 34.8. The summed E-state index contributed by atoms with van der Waals surface area (Å²) in [5, 5.41) is 11.5. The van der Waals surface area contributed by atoms with Gasteiger partial charge in [-0.25, -0.2) is 19.6 Å². The number of nitrogens with one attached hydrogen (secondary N) is 2. The van der Waals surface area contributed by atoms with Crippen LogP contribution in [-0.4, -0.2) is 97.4 Å². The lowest BCUT2D eigenvalue weighted by atomic mass is 10.2. The van der Waals surface area contributed by atoms with Crippen molar-refractivity contribution in [1.29, 1.82) is 0 Å². The molecule has 19 heteroatoms. The lowest BCUT2D eigenvalue weighted by molar-refractivity contribution is -0.0562. The van der Waals surface area contributed by atoms with Gasteiger partial charge in [-0.2, -0.15) is 0 Å². The highest BCUT2D eigenvalue weighted by molar-refractivity contribution is 8.76. The third-order valence-electron chi connectivity index (χ3n) is 9.30. The number of hydrogen-bond donors (Lipinski definition) is 3. The molecule has 16 nitrogen and oxygen atoms in total. The fourth-order valence-electron chi connectivity index (χ4n) is 6.84. The lowest BCUT2D eigenvalue weighted by Gasteiger charge is -2.43. The molecule has 60 heavy (non-hydrogen) atoms. The second-order valence-corrected chi connectivity index (χ2v) is 22.7. The van der Waals surface area contributed by atoms with E-state index < -0.39 is 44.5 Å². The van der Waals surface area contributed by atoms with Crippen molar-refractivity contribution in [3.05, 3.63) is 89.2 Å². The average Bonchev–Trinajstić information content (AvgIpc) is 3.79. The number of fused-ring (bicyclic) bond motifs is 1. The lowest BCUT2D eigenvalue weighted by Crippen LogP contribution is -2.67. The van der Waals surface area contributed by atoms with Gasteiger partial charge in [0.1, 0.15) is 49.1 Å². The van der Waals surface area contributed by atoms with Crippen LogP contribution in [0, 0.1) is 11.8 Å². The van der Waals surface area contributed by atoms with E-state index in [0.29, 0.717) is 41.1 Å². The van der Waals surface area contributed by atoms with Crippen LogP contribution in [0.2, 0.25) is 5.04 Å². The van der Waals surface area contributed by atoms with E-state index in [1.807, 2.05) is 61.7 Å². The first kappa shape index (κ1) is 46.1. The van der Waals surface area contributed by atoms with Crippen LogP contribution in [0.1, 0.15) is 59.8 Å². The normalized spacial score (nSPS) is 16.7. The van der Waals surface area contributed by atoms with E-state index in [2.05, 4.69) is 87.5 Å². The molecule has 4 N–H and O–H groups in total. The number of carbonyl (C=O) groups is 2. The van der Waals surface area contributed by atoms with E-state index in [-0.39, 0.29) is 37.3 Å². The number of benzene rings is 2. The molecule has 4 aromatic rings. The summed E-state index contributed by atoms with van der Waals surface area (Å²) in [4.78, 5) is 35.7. The molecule has 1 aliphatic rings. The number of amides is 2.